The van der Waals surface area contributed by atoms with Gasteiger partial charge in [-0.05, 0) is 98.4 Å². The number of hydrogen-bond donors (Lipinski definition) is 1. The van der Waals surface area contributed by atoms with E-state index in [0.717, 1.165) is 55.9 Å². The zero-order chi connectivity index (χ0) is 36.1. The molecular formula is C40H43F2N5O4. The Labute approximate surface area is 296 Å². The Kier molecular flexibility index (Phi) is 8.93. The largest absolute Gasteiger partial charge is 0.484 e. The number of anilines is 2. The smallest absolute Gasteiger partial charge is 0.250 e. The fourth-order valence-electron chi connectivity index (χ4n) is 8.16. The van der Waals surface area contributed by atoms with Crippen molar-refractivity contribution in [1.82, 2.24) is 15.5 Å². The minimum atomic E-state index is -0.955. The van der Waals surface area contributed by atoms with Gasteiger partial charge in [0, 0.05) is 44.6 Å². The van der Waals surface area contributed by atoms with Crippen molar-refractivity contribution in [3.8, 4) is 5.75 Å². The van der Waals surface area contributed by atoms with E-state index in [1.165, 1.54) is 28.8 Å². The summed E-state index contributed by atoms with van der Waals surface area (Å²) in [7, 11) is 0. The molecule has 0 radical (unpaired) electrons. The Morgan fingerprint density at radius 2 is 1.82 bits per heavy atom. The van der Waals surface area contributed by atoms with Crippen LogP contribution in [0.2, 0.25) is 0 Å². The molecule has 9 nitrogen and oxygen atoms in total. The van der Waals surface area contributed by atoms with E-state index < -0.39 is 23.3 Å². The summed E-state index contributed by atoms with van der Waals surface area (Å²) in [5.74, 6) is -0.958. The van der Waals surface area contributed by atoms with Crippen LogP contribution in [-0.4, -0.2) is 47.2 Å². The number of fused-ring (bicyclic) bond motifs is 3. The molecule has 1 spiro atoms. The molecule has 4 aromatic rings. The van der Waals surface area contributed by atoms with Crippen LogP contribution in [0.1, 0.15) is 85.5 Å². The summed E-state index contributed by atoms with van der Waals surface area (Å²) < 4.78 is 39.7. The molecule has 0 bridgehead atoms. The molecule has 3 aliphatic rings. The molecule has 3 heterocycles. The first-order valence-electron chi connectivity index (χ1n) is 17.5. The van der Waals surface area contributed by atoms with E-state index in [2.05, 4.69) is 58.2 Å². The number of hydrogen-bond acceptors (Lipinski definition) is 7. The van der Waals surface area contributed by atoms with Crippen LogP contribution in [-0.2, 0) is 21.4 Å². The number of halogens is 2. The zero-order valence-corrected chi connectivity index (χ0v) is 29.5. The summed E-state index contributed by atoms with van der Waals surface area (Å²) in [6.45, 7) is 13.5. The number of amides is 2. The Morgan fingerprint density at radius 1 is 1.04 bits per heavy atom. The highest BCUT2D eigenvalue weighted by atomic mass is 19.2. The van der Waals surface area contributed by atoms with Crippen molar-refractivity contribution in [1.29, 1.82) is 0 Å². The maximum atomic E-state index is 14.0. The number of carbonyl (C=O) groups excluding carboxylic acids is 2. The van der Waals surface area contributed by atoms with Crippen LogP contribution in [0.5, 0.6) is 5.75 Å². The lowest BCUT2D eigenvalue weighted by molar-refractivity contribution is -0.122. The summed E-state index contributed by atoms with van der Waals surface area (Å²) in [5.41, 5.74) is 5.40. The zero-order valence-electron chi connectivity index (χ0n) is 29.5. The Morgan fingerprint density at radius 3 is 2.53 bits per heavy atom. The number of carbonyl (C=O) groups is 2. The van der Waals surface area contributed by atoms with E-state index in [1.807, 2.05) is 26.0 Å². The lowest BCUT2D eigenvalue weighted by Gasteiger charge is -2.43. The second kappa shape index (κ2) is 13.2. The number of nitrogens with one attached hydrogen (secondary N) is 1. The number of aromatic nitrogens is 2. The van der Waals surface area contributed by atoms with E-state index in [-0.39, 0.29) is 41.9 Å². The quantitative estimate of drug-likeness (QED) is 0.195. The molecular weight excluding hydrogens is 652 g/mol. The summed E-state index contributed by atoms with van der Waals surface area (Å²) in [4.78, 5) is 30.5. The molecule has 11 heteroatoms. The number of benzene rings is 3. The number of ether oxygens (including phenoxy) is 1. The van der Waals surface area contributed by atoms with Gasteiger partial charge in [-0.1, -0.05) is 36.4 Å². The van der Waals surface area contributed by atoms with Crippen molar-refractivity contribution in [2.45, 2.75) is 82.8 Å². The number of piperidine rings is 1. The van der Waals surface area contributed by atoms with Crippen molar-refractivity contribution < 1.29 is 27.5 Å². The van der Waals surface area contributed by atoms with Crippen LogP contribution in [0.4, 0.5) is 20.2 Å². The molecule has 3 aromatic carbocycles. The number of rotatable bonds is 8. The molecule has 1 saturated heterocycles. The average Bonchev–Trinajstić information content (AvgIpc) is 3.65. The fourth-order valence-corrected chi connectivity index (χ4v) is 8.16. The van der Waals surface area contributed by atoms with Crippen LogP contribution in [0.25, 0.3) is 0 Å². The third-order valence-electron chi connectivity index (χ3n) is 10.6. The minimum Gasteiger partial charge on any atom is -0.484 e. The first kappa shape index (κ1) is 34.4. The summed E-state index contributed by atoms with van der Waals surface area (Å²) in [6, 6.07) is 15.6. The van der Waals surface area contributed by atoms with Gasteiger partial charge in [0.2, 0.25) is 17.7 Å². The standard InChI is InChI=1S/C40H43F2N5O4/c1-6-37(49)47-23-39(4,5)51-35-21-28(9-12-34(35)47)46-15-13-40(14-16-46)22-27(29-10-7-24(2)17-30(29)40)20-36(48)43-33(38-45-44-25(3)50-38)19-26-8-11-31(41)32(42)18-26/h6-12,17-18,21,27,33H,1,13-16,19-20,22-23H2,2-5H3,(H,43,48)/t27?,33-/m1/s1. The first-order valence-corrected chi connectivity index (χ1v) is 17.5. The number of aryl methyl sites for hydroxylation is 2. The van der Waals surface area contributed by atoms with Gasteiger partial charge in [-0.2, -0.15) is 0 Å². The topological polar surface area (TPSA) is 101 Å². The van der Waals surface area contributed by atoms with Gasteiger partial charge in [0.05, 0.1) is 12.2 Å². The van der Waals surface area contributed by atoms with E-state index in [0.29, 0.717) is 23.7 Å². The van der Waals surface area contributed by atoms with Crippen molar-refractivity contribution in [3.05, 3.63) is 113 Å². The van der Waals surface area contributed by atoms with Gasteiger partial charge in [0.15, 0.2) is 11.6 Å². The van der Waals surface area contributed by atoms with Crippen LogP contribution >= 0.6 is 0 Å². The summed E-state index contributed by atoms with van der Waals surface area (Å²) >= 11 is 0. The molecule has 1 fully saturated rings. The molecule has 51 heavy (non-hydrogen) atoms. The monoisotopic (exact) mass is 695 g/mol. The Hall–Kier alpha value is -5.06. The van der Waals surface area contributed by atoms with Gasteiger partial charge < -0.3 is 24.3 Å². The van der Waals surface area contributed by atoms with Crippen LogP contribution in [0.3, 0.4) is 0 Å². The highest BCUT2D eigenvalue weighted by Crippen LogP contribution is 2.53. The molecule has 2 atom stereocenters. The number of nitrogens with zero attached hydrogens (tertiary/aromatic N) is 4. The SMILES string of the molecule is C=CC(=O)N1CC(C)(C)Oc2cc(N3CCC4(CC3)CC(CC(=O)N[C@H](Cc3ccc(F)c(F)c3)c3nnc(C)o3)c3ccc(C)cc34)ccc21. The summed E-state index contributed by atoms with van der Waals surface area (Å²) in [6.07, 6.45) is 4.46. The molecule has 1 aromatic heterocycles. The highest BCUT2D eigenvalue weighted by Gasteiger charge is 2.46. The lowest BCUT2D eigenvalue weighted by Crippen LogP contribution is -2.49. The minimum absolute atomic E-state index is 0.00763. The van der Waals surface area contributed by atoms with Crippen molar-refractivity contribution in [2.24, 2.45) is 0 Å². The van der Waals surface area contributed by atoms with Crippen LogP contribution in [0, 0.1) is 25.5 Å². The molecule has 2 amide bonds. The average molecular weight is 696 g/mol. The van der Waals surface area contributed by atoms with Gasteiger partial charge in [0.25, 0.3) is 5.91 Å². The lowest BCUT2D eigenvalue weighted by atomic mass is 9.73. The van der Waals surface area contributed by atoms with Crippen molar-refractivity contribution >= 4 is 23.2 Å². The van der Waals surface area contributed by atoms with Gasteiger partial charge in [0.1, 0.15) is 17.4 Å². The fraction of sp³-hybridized carbons (Fsp3) is 0.400. The van der Waals surface area contributed by atoms with Crippen LogP contribution < -0.4 is 19.9 Å². The van der Waals surface area contributed by atoms with E-state index in [4.69, 9.17) is 9.15 Å². The molecule has 0 saturated carbocycles. The van der Waals surface area contributed by atoms with Crippen molar-refractivity contribution in [3.63, 3.8) is 0 Å². The molecule has 7 rings (SSSR count). The van der Waals surface area contributed by atoms with Gasteiger partial charge in [-0.25, -0.2) is 8.78 Å². The van der Waals surface area contributed by atoms with Gasteiger partial charge in [-0.15, -0.1) is 10.2 Å². The second-order valence-electron chi connectivity index (χ2n) is 14.8. The van der Waals surface area contributed by atoms with E-state index >= 15 is 0 Å². The van der Waals surface area contributed by atoms with Crippen molar-refractivity contribution in [2.75, 3.05) is 29.4 Å². The Balaban J connectivity index is 1.07. The van der Waals surface area contributed by atoms with E-state index in [9.17, 15) is 18.4 Å². The normalized spacial score (nSPS) is 19.2. The third-order valence-corrected chi connectivity index (χ3v) is 10.6. The third kappa shape index (κ3) is 6.86. The predicted molar refractivity (Wildman–Crippen MR) is 190 cm³/mol. The molecule has 1 aliphatic carbocycles. The van der Waals surface area contributed by atoms with Crippen LogP contribution in [0.15, 0.2) is 71.7 Å². The maximum Gasteiger partial charge on any atom is 0.250 e. The van der Waals surface area contributed by atoms with Gasteiger partial charge in [-0.3, -0.25) is 9.59 Å². The second-order valence-corrected chi connectivity index (χ2v) is 14.8. The van der Waals surface area contributed by atoms with Gasteiger partial charge >= 0.3 is 0 Å². The molecule has 266 valence electrons. The maximum absolute atomic E-state index is 14.0. The predicted octanol–water partition coefficient (Wildman–Crippen LogP) is 7.17. The summed E-state index contributed by atoms with van der Waals surface area (Å²) in [5, 5.41) is 11.1. The highest BCUT2D eigenvalue weighted by molar-refractivity contribution is 6.02. The molecule has 1 N–H and O–H groups in total. The molecule has 2 aliphatic heterocycles. The Bertz CT molecular complexity index is 2000. The molecule has 1 unspecified atom stereocenters. The van der Waals surface area contributed by atoms with E-state index in [1.54, 1.807) is 11.8 Å². The first-order chi connectivity index (χ1) is 24.3.